The SMILES string of the molecule is CCOC(=O)C1=NN(S(=O)(=O)c2ccc(C)cc2)CC=C1. The third kappa shape index (κ3) is 3.30. The van der Waals surface area contributed by atoms with Crippen molar-refractivity contribution < 1.29 is 17.9 Å². The Morgan fingerprint density at radius 3 is 2.62 bits per heavy atom. The van der Waals surface area contributed by atoms with Gasteiger partial charge in [-0.1, -0.05) is 23.8 Å². The predicted molar refractivity (Wildman–Crippen MR) is 78.3 cm³/mol. The van der Waals surface area contributed by atoms with E-state index in [0.717, 1.165) is 9.98 Å². The quantitative estimate of drug-likeness (QED) is 0.789. The predicted octanol–water partition coefficient (Wildman–Crippen LogP) is 1.47. The number of rotatable bonds is 4. The van der Waals surface area contributed by atoms with Gasteiger partial charge in [-0.05, 0) is 32.1 Å². The lowest BCUT2D eigenvalue weighted by molar-refractivity contribution is -0.135. The third-order valence-electron chi connectivity index (χ3n) is 2.84. The molecule has 0 spiro atoms. The van der Waals surface area contributed by atoms with Crippen molar-refractivity contribution in [1.82, 2.24) is 4.41 Å². The summed E-state index contributed by atoms with van der Waals surface area (Å²) in [4.78, 5) is 11.8. The van der Waals surface area contributed by atoms with E-state index < -0.39 is 16.0 Å². The van der Waals surface area contributed by atoms with Crippen molar-refractivity contribution >= 4 is 21.7 Å². The second kappa shape index (κ2) is 6.09. The first kappa shape index (κ1) is 15.2. The van der Waals surface area contributed by atoms with Gasteiger partial charge in [0, 0.05) is 0 Å². The Balaban J connectivity index is 2.30. The molecule has 0 radical (unpaired) electrons. The fourth-order valence-corrected chi connectivity index (χ4v) is 2.95. The van der Waals surface area contributed by atoms with Gasteiger partial charge in [-0.3, -0.25) is 0 Å². The monoisotopic (exact) mass is 308 g/mol. The van der Waals surface area contributed by atoms with Crippen LogP contribution in [0.4, 0.5) is 0 Å². The van der Waals surface area contributed by atoms with Gasteiger partial charge in [-0.2, -0.15) is 17.9 Å². The van der Waals surface area contributed by atoms with Crippen LogP contribution in [-0.2, 0) is 19.6 Å². The maximum atomic E-state index is 12.5. The summed E-state index contributed by atoms with van der Waals surface area (Å²) in [5.41, 5.74) is 0.932. The largest absolute Gasteiger partial charge is 0.461 e. The summed E-state index contributed by atoms with van der Waals surface area (Å²) in [6.07, 6.45) is 3.02. The Hall–Kier alpha value is -2.15. The van der Waals surface area contributed by atoms with Crippen LogP contribution in [0.15, 0.2) is 46.4 Å². The van der Waals surface area contributed by atoms with E-state index in [9.17, 15) is 13.2 Å². The fraction of sp³-hybridized carbons (Fsp3) is 0.286. The highest BCUT2D eigenvalue weighted by Gasteiger charge is 2.26. The number of benzene rings is 1. The zero-order valence-corrected chi connectivity index (χ0v) is 12.6. The number of nitrogens with zero attached hydrogens (tertiary/aromatic N) is 2. The Morgan fingerprint density at radius 1 is 1.33 bits per heavy atom. The van der Waals surface area contributed by atoms with Crippen molar-refractivity contribution in [3.63, 3.8) is 0 Å². The summed E-state index contributed by atoms with van der Waals surface area (Å²) >= 11 is 0. The molecule has 1 aromatic carbocycles. The van der Waals surface area contributed by atoms with Crippen LogP contribution < -0.4 is 0 Å². The van der Waals surface area contributed by atoms with Crippen LogP contribution >= 0.6 is 0 Å². The Morgan fingerprint density at radius 2 is 2.00 bits per heavy atom. The Bertz CT molecular complexity index is 690. The molecule has 1 aromatic rings. The van der Waals surface area contributed by atoms with E-state index in [0.29, 0.717) is 0 Å². The first-order valence-corrected chi connectivity index (χ1v) is 7.91. The van der Waals surface area contributed by atoms with Crippen molar-refractivity contribution in [2.45, 2.75) is 18.7 Å². The van der Waals surface area contributed by atoms with E-state index in [4.69, 9.17) is 4.74 Å². The van der Waals surface area contributed by atoms with Crippen molar-refractivity contribution in [3.05, 3.63) is 42.0 Å². The highest BCUT2D eigenvalue weighted by molar-refractivity contribution is 7.89. The maximum absolute atomic E-state index is 12.5. The van der Waals surface area contributed by atoms with Crippen molar-refractivity contribution in [2.75, 3.05) is 13.2 Å². The number of carbonyl (C=O) groups excluding carboxylic acids is 1. The molecular formula is C14H16N2O4S. The van der Waals surface area contributed by atoms with E-state index >= 15 is 0 Å². The molecular weight excluding hydrogens is 292 g/mol. The molecule has 0 saturated heterocycles. The van der Waals surface area contributed by atoms with Crippen LogP contribution in [0, 0.1) is 6.92 Å². The van der Waals surface area contributed by atoms with Gasteiger partial charge >= 0.3 is 5.97 Å². The molecule has 0 unspecified atom stereocenters. The lowest BCUT2D eigenvalue weighted by Crippen LogP contribution is -2.32. The van der Waals surface area contributed by atoms with E-state index in [2.05, 4.69) is 5.10 Å². The van der Waals surface area contributed by atoms with E-state index in [1.807, 2.05) is 6.92 Å². The zero-order chi connectivity index (χ0) is 15.5. The average molecular weight is 308 g/mol. The molecule has 0 aromatic heterocycles. The van der Waals surface area contributed by atoms with Gasteiger partial charge in [-0.25, -0.2) is 4.79 Å². The van der Waals surface area contributed by atoms with Crippen molar-refractivity contribution in [2.24, 2.45) is 5.10 Å². The fourth-order valence-electron chi connectivity index (χ4n) is 1.75. The van der Waals surface area contributed by atoms with Gasteiger partial charge in [-0.15, -0.1) is 0 Å². The van der Waals surface area contributed by atoms with Crippen molar-refractivity contribution in [1.29, 1.82) is 0 Å². The standard InChI is InChI=1S/C14H16N2O4S/c1-3-20-14(17)13-5-4-10-16(15-13)21(18,19)12-8-6-11(2)7-9-12/h4-9H,3,10H2,1-2H3. The number of carbonyl (C=O) groups is 1. The first-order valence-electron chi connectivity index (χ1n) is 6.47. The molecule has 7 heteroatoms. The van der Waals surface area contributed by atoms with Gasteiger partial charge in [0.1, 0.15) is 0 Å². The number of hydrogen-bond acceptors (Lipinski definition) is 5. The van der Waals surface area contributed by atoms with Crippen LogP contribution in [0.3, 0.4) is 0 Å². The highest BCUT2D eigenvalue weighted by Crippen LogP contribution is 2.18. The minimum absolute atomic E-state index is 0.0289. The Kier molecular flexibility index (Phi) is 4.42. The van der Waals surface area contributed by atoms with Gasteiger partial charge < -0.3 is 4.74 Å². The molecule has 0 saturated carbocycles. The third-order valence-corrected chi connectivity index (χ3v) is 4.49. The molecule has 2 rings (SSSR count). The lowest BCUT2D eigenvalue weighted by Gasteiger charge is -2.21. The molecule has 0 N–H and O–H groups in total. The van der Waals surface area contributed by atoms with Gasteiger partial charge in [0.25, 0.3) is 10.0 Å². The number of aryl methyl sites for hydroxylation is 1. The molecule has 0 amide bonds. The maximum Gasteiger partial charge on any atom is 0.358 e. The smallest absolute Gasteiger partial charge is 0.358 e. The molecule has 112 valence electrons. The van der Waals surface area contributed by atoms with E-state index in [-0.39, 0.29) is 23.8 Å². The van der Waals surface area contributed by atoms with Crippen LogP contribution in [0.2, 0.25) is 0 Å². The summed E-state index contributed by atoms with van der Waals surface area (Å²) in [6, 6.07) is 6.45. The highest BCUT2D eigenvalue weighted by atomic mass is 32.2. The molecule has 0 bridgehead atoms. The molecule has 0 aliphatic carbocycles. The number of ether oxygens (including phenoxy) is 1. The minimum atomic E-state index is -3.77. The molecule has 1 heterocycles. The van der Waals surface area contributed by atoms with Crippen LogP contribution in [0.25, 0.3) is 0 Å². The van der Waals surface area contributed by atoms with Crippen LogP contribution in [0.1, 0.15) is 12.5 Å². The van der Waals surface area contributed by atoms with Crippen LogP contribution in [0.5, 0.6) is 0 Å². The summed E-state index contributed by atoms with van der Waals surface area (Å²) in [5.74, 6) is -0.641. The number of esters is 1. The lowest BCUT2D eigenvalue weighted by atomic mass is 10.2. The second-order valence-corrected chi connectivity index (χ2v) is 6.27. The van der Waals surface area contributed by atoms with E-state index in [1.165, 1.54) is 18.2 Å². The topological polar surface area (TPSA) is 76.0 Å². The molecule has 0 atom stereocenters. The van der Waals surface area contributed by atoms with Crippen LogP contribution in [-0.4, -0.2) is 37.7 Å². The van der Waals surface area contributed by atoms with Gasteiger partial charge in [0.2, 0.25) is 0 Å². The number of sulfonamides is 1. The molecule has 6 nitrogen and oxygen atoms in total. The van der Waals surface area contributed by atoms with Gasteiger partial charge in [0.05, 0.1) is 18.0 Å². The second-order valence-electron chi connectivity index (χ2n) is 4.43. The number of hydrogen-bond donors (Lipinski definition) is 0. The molecule has 0 fully saturated rings. The van der Waals surface area contributed by atoms with E-state index in [1.54, 1.807) is 25.1 Å². The van der Waals surface area contributed by atoms with Crippen molar-refractivity contribution in [3.8, 4) is 0 Å². The Labute approximate surface area is 123 Å². The zero-order valence-electron chi connectivity index (χ0n) is 11.8. The normalized spacial score (nSPS) is 14.8. The summed E-state index contributed by atoms with van der Waals surface area (Å²) < 4.78 is 30.6. The van der Waals surface area contributed by atoms with Gasteiger partial charge in [0.15, 0.2) is 5.71 Å². The summed E-state index contributed by atoms with van der Waals surface area (Å²) in [7, 11) is -3.77. The summed E-state index contributed by atoms with van der Waals surface area (Å²) in [6.45, 7) is 3.83. The number of hydrazone groups is 1. The first-order chi connectivity index (χ1) is 9.95. The molecule has 1 aliphatic rings. The molecule has 1 aliphatic heterocycles. The molecule has 21 heavy (non-hydrogen) atoms. The average Bonchev–Trinajstić information content (AvgIpc) is 2.48. The minimum Gasteiger partial charge on any atom is -0.461 e. The summed E-state index contributed by atoms with van der Waals surface area (Å²) in [5, 5.41) is 3.87.